The average molecular weight is 304 g/mol. The first-order chi connectivity index (χ1) is 8.19. The molecule has 0 spiro atoms. The molecule has 0 saturated carbocycles. The monoisotopic (exact) mass is 303 g/mol. The van der Waals surface area contributed by atoms with Gasteiger partial charge in [0.2, 0.25) is 0 Å². The van der Waals surface area contributed by atoms with Crippen LogP contribution in [0.3, 0.4) is 0 Å². The fourth-order valence-electron chi connectivity index (χ4n) is 1.79. The van der Waals surface area contributed by atoms with Gasteiger partial charge in [0.05, 0.1) is 4.47 Å². The summed E-state index contributed by atoms with van der Waals surface area (Å²) in [7, 11) is 1.70. The summed E-state index contributed by atoms with van der Waals surface area (Å²) in [5.41, 5.74) is 0.989. The van der Waals surface area contributed by atoms with E-state index in [1.54, 1.807) is 19.2 Å². The molecule has 1 rings (SSSR count). The quantitative estimate of drug-likeness (QED) is 0.776. The van der Waals surface area contributed by atoms with Crippen LogP contribution in [0, 0.1) is 5.82 Å². The largest absolute Gasteiger partial charge is 0.385 e. The van der Waals surface area contributed by atoms with Crippen molar-refractivity contribution in [2.75, 3.05) is 20.3 Å². The number of benzene rings is 1. The molecule has 0 aromatic heterocycles. The van der Waals surface area contributed by atoms with Crippen LogP contribution < -0.4 is 5.32 Å². The van der Waals surface area contributed by atoms with Gasteiger partial charge in [-0.2, -0.15) is 0 Å². The summed E-state index contributed by atoms with van der Waals surface area (Å²) < 4.78 is 19.0. The number of rotatable bonds is 7. The predicted molar refractivity (Wildman–Crippen MR) is 71.6 cm³/mol. The Labute approximate surface area is 111 Å². The van der Waals surface area contributed by atoms with E-state index in [9.17, 15) is 4.39 Å². The predicted octanol–water partition coefficient (Wildman–Crippen LogP) is 3.67. The highest BCUT2D eigenvalue weighted by atomic mass is 79.9. The molecule has 1 unspecified atom stereocenters. The number of nitrogens with one attached hydrogen (secondary N) is 1. The van der Waals surface area contributed by atoms with Gasteiger partial charge in [0.25, 0.3) is 0 Å². The zero-order valence-corrected chi connectivity index (χ0v) is 11.9. The molecule has 1 aromatic rings. The minimum absolute atomic E-state index is 0.192. The summed E-state index contributed by atoms with van der Waals surface area (Å²) >= 11 is 3.17. The highest BCUT2D eigenvalue weighted by Crippen LogP contribution is 2.23. The molecule has 1 aromatic carbocycles. The van der Waals surface area contributed by atoms with Gasteiger partial charge in [-0.15, -0.1) is 0 Å². The van der Waals surface area contributed by atoms with Crippen LogP contribution in [0.15, 0.2) is 22.7 Å². The lowest BCUT2D eigenvalue weighted by atomic mass is 10.0. The van der Waals surface area contributed by atoms with Gasteiger partial charge in [-0.1, -0.05) is 13.0 Å². The maximum atomic E-state index is 13.5. The Morgan fingerprint density at radius 2 is 2.24 bits per heavy atom. The summed E-state index contributed by atoms with van der Waals surface area (Å²) in [5, 5.41) is 3.37. The number of hydrogen-bond donors (Lipinski definition) is 1. The summed E-state index contributed by atoms with van der Waals surface area (Å²) in [6.45, 7) is 3.66. The van der Waals surface area contributed by atoms with Crippen LogP contribution in [0.25, 0.3) is 0 Å². The van der Waals surface area contributed by atoms with E-state index < -0.39 is 0 Å². The first-order valence-electron chi connectivity index (χ1n) is 5.86. The molecule has 96 valence electrons. The van der Waals surface area contributed by atoms with E-state index in [-0.39, 0.29) is 11.9 Å². The Bertz CT molecular complexity index is 346. The molecule has 0 bridgehead atoms. The summed E-state index contributed by atoms with van der Waals surface area (Å²) in [5.74, 6) is -0.211. The van der Waals surface area contributed by atoms with Crippen molar-refractivity contribution in [3.05, 3.63) is 34.1 Å². The minimum Gasteiger partial charge on any atom is -0.385 e. The molecule has 4 heteroatoms. The summed E-state index contributed by atoms with van der Waals surface area (Å²) in [6.07, 6.45) is 1.91. The van der Waals surface area contributed by atoms with Crippen molar-refractivity contribution in [1.29, 1.82) is 0 Å². The van der Waals surface area contributed by atoms with E-state index in [2.05, 4.69) is 28.2 Å². The molecule has 0 aliphatic rings. The lowest BCUT2D eigenvalue weighted by molar-refractivity contribution is 0.189. The van der Waals surface area contributed by atoms with Crippen molar-refractivity contribution in [3.63, 3.8) is 0 Å². The Balaban J connectivity index is 2.70. The maximum Gasteiger partial charge on any atom is 0.137 e. The van der Waals surface area contributed by atoms with Crippen LogP contribution >= 0.6 is 15.9 Å². The second kappa shape index (κ2) is 7.80. The SMILES string of the molecule is CCNC(CCCOC)c1ccc(Br)c(F)c1. The van der Waals surface area contributed by atoms with Gasteiger partial charge in [0, 0.05) is 19.8 Å². The van der Waals surface area contributed by atoms with Crippen molar-refractivity contribution >= 4 is 15.9 Å². The van der Waals surface area contributed by atoms with Crippen molar-refractivity contribution < 1.29 is 9.13 Å². The second-order valence-electron chi connectivity index (χ2n) is 3.92. The first-order valence-corrected chi connectivity index (χ1v) is 6.65. The van der Waals surface area contributed by atoms with Crippen molar-refractivity contribution in [3.8, 4) is 0 Å². The molecule has 17 heavy (non-hydrogen) atoms. The van der Waals surface area contributed by atoms with Gasteiger partial charge in [0.1, 0.15) is 5.82 Å². The molecule has 0 aliphatic heterocycles. The van der Waals surface area contributed by atoms with Crippen LogP contribution in [0.1, 0.15) is 31.4 Å². The molecular weight excluding hydrogens is 285 g/mol. The maximum absolute atomic E-state index is 13.5. The molecular formula is C13H19BrFNO. The summed E-state index contributed by atoms with van der Waals surface area (Å²) in [6, 6.07) is 5.49. The second-order valence-corrected chi connectivity index (χ2v) is 4.77. The third kappa shape index (κ3) is 4.74. The number of ether oxygens (including phenoxy) is 1. The number of methoxy groups -OCH3 is 1. The lowest BCUT2D eigenvalue weighted by Crippen LogP contribution is -2.21. The highest BCUT2D eigenvalue weighted by molar-refractivity contribution is 9.10. The number of halogens is 2. The fraction of sp³-hybridized carbons (Fsp3) is 0.538. The third-order valence-corrected chi connectivity index (χ3v) is 3.28. The molecule has 2 nitrogen and oxygen atoms in total. The van der Waals surface area contributed by atoms with Gasteiger partial charge in [0.15, 0.2) is 0 Å². The summed E-state index contributed by atoms with van der Waals surface area (Å²) in [4.78, 5) is 0. The fourth-order valence-corrected chi connectivity index (χ4v) is 2.04. The molecule has 0 heterocycles. The van der Waals surface area contributed by atoms with Crippen LogP contribution in [0.5, 0.6) is 0 Å². The number of hydrogen-bond acceptors (Lipinski definition) is 2. The van der Waals surface area contributed by atoms with E-state index in [1.165, 1.54) is 0 Å². The Hall–Kier alpha value is -0.450. The smallest absolute Gasteiger partial charge is 0.137 e. The zero-order chi connectivity index (χ0) is 12.7. The lowest BCUT2D eigenvalue weighted by Gasteiger charge is -2.18. The molecule has 0 aliphatic carbocycles. The van der Waals surface area contributed by atoms with Gasteiger partial charge in [-0.05, 0) is 53.0 Å². The van der Waals surface area contributed by atoms with Crippen molar-refractivity contribution in [1.82, 2.24) is 5.32 Å². The van der Waals surface area contributed by atoms with E-state index in [0.717, 1.165) is 31.6 Å². The molecule has 0 saturated heterocycles. The highest BCUT2D eigenvalue weighted by Gasteiger charge is 2.11. The van der Waals surface area contributed by atoms with Gasteiger partial charge >= 0.3 is 0 Å². The van der Waals surface area contributed by atoms with Crippen LogP contribution in [0.4, 0.5) is 4.39 Å². The van der Waals surface area contributed by atoms with Crippen LogP contribution in [-0.2, 0) is 4.74 Å². The minimum atomic E-state index is -0.211. The third-order valence-electron chi connectivity index (χ3n) is 2.64. The average Bonchev–Trinajstić information content (AvgIpc) is 2.32. The molecule has 1 atom stereocenters. The van der Waals surface area contributed by atoms with Crippen molar-refractivity contribution in [2.45, 2.75) is 25.8 Å². The standard InChI is InChI=1S/C13H19BrFNO/c1-3-16-13(5-4-8-17-2)10-6-7-11(14)12(15)9-10/h6-7,9,13,16H,3-5,8H2,1-2H3. The first kappa shape index (κ1) is 14.6. The molecule has 0 fully saturated rings. The topological polar surface area (TPSA) is 21.3 Å². The Morgan fingerprint density at radius 1 is 1.47 bits per heavy atom. The van der Waals surface area contributed by atoms with Crippen molar-refractivity contribution in [2.24, 2.45) is 0 Å². The zero-order valence-electron chi connectivity index (χ0n) is 10.3. The van der Waals surface area contributed by atoms with E-state index >= 15 is 0 Å². The normalized spacial score (nSPS) is 12.7. The van der Waals surface area contributed by atoms with Gasteiger partial charge in [-0.3, -0.25) is 0 Å². The van der Waals surface area contributed by atoms with Crippen LogP contribution in [0.2, 0.25) is 0 Å². The van der Waals surface area contributed by atoms with Gasteiger partial charge in [-0.25, -0.2) is 4.39 Å². The molecule has 1 N–H and O–H groups in total. The van der Waals surface area contributed by atoms with Crippen LogP contribution in [-0.4, -0.2) is 20.3 Å². The molecule has 0 amide bonds. The van der Waals surface area contributed by atoms with E-state index in [4.69, 9.17) is 4.74 Å². The van der Waals surface area contributed by atoms with E-state index in [1.807, 2.05) is 6.07 Å². The van der Waals surface area contributed by atoms with E-state index in [0.29, 0.717) is 4.47 Å². The Morgan fingerprint density at radius 3 is 2.82 bits per heavy atom. The molecule has 0 radical (unpaired) electrons. The van der Waals surface area contributed by atoms with Gasteiger partial charge < -0.3 is 10.1 Å². The Kier molecular flexibility index (Phi) is 6.70.